The van der Waals surface area contributed by atoms with E-state index in [4.69, 9.17) is 0 Å². The van der Waals surface area contributed by atoms with Gasteiger partial charge in [-0.1, -0.05) is 60.4 Å². The number of halogens is 1. The average molecular weight is 411 g/mol. The zero-order valence-electron chi connectivity index (χ0n) is 18.1. The fourth-order valence-corrected chi connectivity index (χ4v) is 4.23. The minimum absolute atomic E-state index is 0.0650. The van der Waals surface area contributed by atoms with Gasteiger partial charge in [0, 0.05) is 18.2 Å². The Morgan fingerprint density at radius 1 is 1.10 bits per heavy atom. The molecule has 0 aliphatic heterocycles. The van der Waals surface area contributed by atoms with Gasteiger partial charge in [-0.2, -0.15) is 0 Å². The van der Waals surface area contributed by atoms with E-state index in [0.717, 1.165) is 42.4 Å². The monoisotopic (exact) mass is 410 g/mol. The fraction of sp³-hybridized carbons (Fsp3) is 0.440. The molecular weight excluding hydrogens is 379 g/mol. The first kappa shape index (κ1) is 22.0. The summed E-state index contributed by atoms with van der Waals surface area (Å²) in [6.45, 7) is 5.78. The first-order valence-electron chi connectivity index (χ1n) is 10.7. The van der Waals surface area contributed by atoms with Crippen molar-refractivity contribution in [2.45, 2.75) is 71.5 Å². The van der Waals surface area contributed by atoms with Crippen molar-refractivity contribution in [3.05, 3.63) is 70.5 Å². The van der Waals surface area contributed by atoms with Crippen molar-refractivity contribution in [1.29, 1.82) is 0 Å². The van der Waals surface area contributed by atoms with Gasteiger partial charge in [-0.25, -0.2) is 4.39 Å². The van der Waals surface area contributed by atoms with E-state index >= 15 is 0 Å². The van der Waals surface area contributed by atoms with Crippen LogP contribution in [-0.2, 0) is 22.6 Å². The van der Waals surface area contributed by atoms with Gasteiger partial charge in [-0.3, -0.25) is 9.59 Å². The van der Waals surface area contributed by atoms with Gasteiger partial charge in [0.2, 0.25) is 11.8 Å². The molecule has 0 spiro atoms. The molecule has 0 saturated heterocycles. The van der Waals surface area contributed by atoms with Crippen molar-refractivity contribution in [3.8, 4) is 0 Å². The normalized spacial score (nSPS) is 15.1. The van der Waals surface area contributed by atoms with Gasteiger partial charge in [0.1, 0.15) is 11.9 Å². The molecule has 0 radical (unpaired) electrons. The van der Waals surface area contributed by atoms with Crippen LogP contribution >= 0.6 is 0 Å². The van der Waals surface area contributed by atoms with Gasteiger partial charge in [-0.15, -0.1) is 0 Å². The summed E-state index contributed by atoms with van der Waals surface area (Å²) in [5, 5.41) is 3.07. The van der Waals surface area contributed by atoms with Crippen LogP contribution in [0.25, 0.3) is 0 Å². The summed E-state index contributed by atoms with van der Waals surface area (Å²) in [4.78, 5) is 27.6. The molecule has 1 atom stereocenters. The summed E-state index contributed by atoms with van der Waals surface area (Å²) in [6, 6.07) is 11.9. The van der Waals surface area contributed by atoms with Crippen LogP contribution in [0.2, 0.25) is 0 Å². The highest BCUT2D eigenvalue weighted by Crippen LogP contribution is 2.20. The smallest absolute Gasteiger partial charge is 0.242 e. The molecule has 1 aliphatic rings. The Morgan fingerprint density at radius 3 is 2.37 bits per heavy atom. The molecule has 4 nitrogen and oxygen atoms in total. The van der Waals surface area contributed by atoms with Crippen LogP contribution in [0.5, 0.6) is 0 Å². The van der Waals surface area contributed by atoms with E-state index < -0.39 is 6.04 Å². The summed E-state index contributed by atoms with van der Waals surface area (Å²) in [7, 11) is 0. The maximum atomic E-state index is 14.3. The predicted molar refractivity (Wildman–Crippen MR) is 116 cm³/mol. The lowest BCUT2D eigenvalue weighted by atomic mass is 10.0. The molecule has 1 aliphatic carbocycles. The summed E-state index contributed by atoms with van der Waals surface area (Å²) < 4.78 is 14.3. The van der Waals surface area contributed by atoms with Gasteiger partial charge < -0.3 is 10.2 Å². The number of hydrogen-bond acceptors (Lipinski definition) is 2. The third-order valence-corrected chi connectivity index (χ3v) is 5.80. The Hall–Kier alpha value is -2.69. The topological polar surface area (TPSA) is 49.4 Å². The molecule has 3 rings (SSSR count). The highest BCUT2D eigenvalue weighted by molar-refractivity contribution is 5.88. The zero-order chi connectivity index (χ0) is 21.7. The van der Waals surface area contributed by atoms with Gasteiger partial charge in [0.05, 0.1) is 6.42 Å². The molecule has 160 valence electrons. The van der Waals surface area contributed by atoms with E-state index in [0.29, 0.717) is 5.56 Å². The quantitative estimate of drug-likeness (QED) is 0.733. The Kier molecular flexibility index (Phi) is 7.24. The minimum atomic E-state index is -0.677. The molecule has 0 unspecified atom stereocenters. The molecule has 2 amide bonds. The Bertz CT molecular complexity index is 886. The molecule has 1 N–H and O–H groups in total. The zero-order valence-corrected chi connectivity index (χ0v) is 18.1. The van der Waals surface area contributed by atoms with E-state index in [1.54, 1.807) is 25.1 Å². The van der Waals surface area contributed by atoms with Crippen molar-refractivity contribution < 1.29 is 14.0 Å². The number of nitrogens with zero attached hydrogens (tertiary/aromatic N) is 1. The number of amides is 2. The molecule has 30 heavy (non-hydrogen) atoms. The number of rotatable bonds is 7. The van der Waals surface area contributed by atoms with E-state index in [-0.39, 0.29) is 36.6 Å². The predicted octanol–water partition coefficient (Wildman–Crippen LogP) is 4.46. The molecule has 0 aromatic heterocycles. The number of nitrogens with one attached hydrogen (secondary N) is 1. The maximum Gasteiger partial charge on any atom is 0.242 e. The van der Waals surface area contributed by atoms with Gasteiger partial charge in [0.15, 0.2) is 0 Å². The summed E-state index contributed by atoms with van der Waals surface area (Å²) in [6.07, 6.45) is 4.36. The van der Waals surface area contributed by atoms with Crippen molar-refractivity contribution >= 4 is 11.8 Å². The number of carbonyl (C=O) groups excluding carboxylic acids is 2. The highest BCUT2D eigenvalue weighted by atomic mass is 19.1. The van der Waals surface area contributed by atoms with E-state index in [1.807, 2.05) is 26.0 Å². The van der Waals surface area contributed by atoms with Crippen molar-refractivity contribution in [2.24, 2.45) is 0 Å². The molecule has 2 aromatic rings. The third-order valence-electron chi connectivity index (χ3n) is 5.80. The Balaban J connectivity index is 1.80. The van der Waals surface area contributed by atoms with E-state index in [1.165, 1.54) is 11.0 Å². The molecular formula is C25H31FN2O2. The second kappa shape index (κ2) is 9.88. The lowest BCUT2D eigenvalue weighted by Gasteiger charge is -2.30. The third kappa shape index (κ3) is 5.68. The molecule has 1 saturated carbocycles. The molecule has 1 fully saturated rings. The van der Waals surface area contributed by atoms with Gasteiger partial charge >= 0.3 is 0 Å². The van der Waals surface area contributed by atoms with Crippen LogP contribution in [0, 0.1) is 19.7 Å². The Labute approximate surface area is 178 Å². The minimum Gasteiger partial charge on any atom is -0.352 e. The molecule has 2 aromatic carbocycles. The number of aryl methyl sites for hydroxylation is 2. The van der Waals surface area contributed by atoms with Crippen LogP contribution in [0.1, 0.15) is 54.9 Å². The number of hydrogen-bond donors (Lipinski definition) is 1. The second-order valence-electron chi connectivity index (χ2n) is 8.45. The molecule has 0 heterocycles. The summed E-state index contributed by atoms with van der Waals surface area (Å²) in [5.41, 5.74) is 3.49. The second-order valence-corrected chi connectivity index (χ2v) is 8.45. The van der Waals surface area contributed by atoms with Crippen LogP contribution in [0.4, 0.5) is 4.39 Å². The largest absolute Gasteiger partial charge is 0.352 e. The standard InChI is InChI=1S/C25H31FN2O2/c1-17-12-18(2)14-20(13-17)15-24(29)28(16-21-8-4-7-11-23(21)26)19(3)25(30)27-22-9-5-6-10-22/h4,7-8,11-14,19,22H,5-6,9-10,15-16H2,1-3H3,(H,27,30)/t19-/m0/s1. The van der Waals surface area contributed by atoms with E-state index in [2.05, 4.69) is 11.4 Å². The van der Waals surface area contributed by atoms with Crippen LogP contribution in [-0.4, -0.2) is 28.8 Å². The Morgan fingerprint density at radius 2 is 1.73 bits per heavy atom. The highest BCUT2D eigenvalue weighted by Gasteiger charge is 2.29. The summed E-state index contributed by atoms with van der Waals surface area (Å²) >= 11 is 0. The van der Waals surface area contributed by atoms with Crippen LogP contribution in [0.3, 0.4) is 0 Å². The first-order valence-corrected chi connectivity index (χ1v) is 10.7. The van der Waals surface area contributed by atoms with Crippen LogP contribution < -0.4 is 5.32 Å². The number of carbonyl (C=O) groups is 2. The van der Waals surface area contributed by atoms with Crippen molar-refractivity contribution in [2.75, 3.05) is 0 Å². The van der Waals surface area contributed by atoms with Gasteiger partial charge in [0.25, 0.3) is 0 Å². The van der Waals surface area contributed by atoms with Crippen molar-refractivity contribution in [3.63, 3.8) is 0 Å². The number of benzene rings is 2. The molecule has 5 heteroatoms. The molecule has 0 bridgehead atoms. The van der Waals surface area contributed by atoms with Crippen LogP contribution in [0.15, 0.2) is 42.5 Å². The maximum absolute atomic E-state index is 14.3. The summed E-state index contributed by atoms with van der Waals surface area (Å²) in [5.74, 6) is -0.727. The van der Waals surface area contributed by atoms with Crippen molar-refractivity contribution in [1.82, 2.24) is 10.2 Å². The average Bonchev–Trinajstić information content (AvgIpc) is 3.19. The SMILES string of the molecule is Cc1cc(C)cc(CC(=O)N(Cc2ccccc2F)[C@@H](C)C(=O)NC2CCCC2)c1. The fourth-order valence-electron chi connectivity index (χ4n) is 4.23. The first-order chi connectivity index (χ1) is 14.3. The van der Waals surface area contributed by atoms with Gasteiger partial charge in [-0.05, 0) is 45.2 Å². The lowest BCUT2D eigenvalue weighted by Crippen LogP contribution is -2.50. The van der Waals surface area contributed by atoms with E-state index in [9.17, 15) is 14.0 Å². The lowest BCUT2D eigenvalue weighted by molar-refractivity contribution is -0.140.